The molecule has 3 aromatic rings. The topological polar surface area (TPSA) is 40.7 Å². The van der Waals surface area contributed by atoms with Crippen LogP contribution in [0.2, 0.25) is 0 Å². The second-order valence-corrected chi connectivity index (χ2v) is 6.82. The lowest BCUT2D eigenvalue weighted by Gasteiger charge is -2.18. The van der Waals surface area contributed by atoms with Crippen molar-refractivity contribution in [3.05, 3.63) is 56.2 Å². The van der Waals surface area contributed by atoms with Gasteiger partial charge in [-0.3, -0.25) is 5.10 Å². The maximum atomic E-state index is 4.27. The molecule has 0 aliphatic carbocycles. The number of thiophene rings is 2. The minimum atomic E-state index is 0.295. The molecule has 0 fully saturated rings. The Kier molecular flexibility index (Phi) is 3.89. The van der Waals surface area contributed by atoms with Gasteiger partial charge in [0.1, 0.15) is 0 Å². The highest BCUT2D eigenvalue weighted by Gasteiger charge is 2.17. The Morgan fingerprint density at radius 1 is 1.20 bits per heavy atom. The van der Waals surface area contributed by atoms with E-state index in [0.717, 1.165) is 23.5 Å². The Balaban J connectivity index is 1.86. The SMILES string of the molecule is Cc1n[nH]c(C)c1NC(Cc1cccs1)c1cccs1. The standard InChI is InChI=1S/C15H17N3S2/c1-10-15(11(2)18-17-10)16-13(14-6-4-8-20-14)9-12-5-3-7-19-12/h3-8,13,16H,9H2,1-2H3,(H,17,18). The highest BCUT2D eigenvalue weighted by Crippen LogP contribution is 2.30. The molecule has 0 bridgehead atoms. The number of rotatable bonds is 5. The molecular weight excluding hydrogens is 286 g/mol. The lowest BCUT2D eigenvalue weighted by molar-refractivity contribution is 0.800. The molecule has 3 aromatic heterocycles. The molecular formula is C15H17N3S2. The fraction of sp³-hybridized carbons (Fsp3) is 0.267. The van der Waals surface area contributed by atoms with Gasteiger partial charge >= 0.3 is 0 Å². The van der Waals surface area contributed by atoms with Crippen LogP contribution in [0.5, 0.6) is 0 Å². The number of aromatic nitrogens is 2. The van der Waals surface area contributed by atoms with Crippen molar-refractivity contribution in [2.75, 3.05) is 5.32 Å². The van der Waals surface area contributed by atoms with E-state index in [0.29, 0.717) is 6.04 Å². The van der Waals surface area contributed by atoms with Crippen molar-refractivity contribution >= 4 is 28.4 Å². The molecule has 3 nitrogen and oxygen atoms in total. The Hall–Kier alpha value is -1.59. The summed E-state index contributed by atoms with van der Waals surface area (Å²) in [6, 6.07) is 8.91. The molecule has 5 heteroatoms. The summed E-state index contributed by atoms with van der Waals surface area (Å²) in [6.45, 7) is 4.08. The molecule has 3 rings (SSSR count). The number of aryl methyl sites for hydroxylation is 2. The lowest BCUT2D eigenvalue weighted by Crippen LogP contribution is -2.12. The minimum Gasteiger partial charge on any atom is -0.374 e. The van der Waals surface area contributed by atoms with Gasteiger partial charge in [-0.25, -0.2) is 0 Å². The van der Waals surface area contributed by atoms with Crippen molar-refractivity contribution in [3.63, 3.8) is 0 Å². The summed E-state index contributed by atoms with van der Waals surface area (Å²) in [6.07, 6.45) is 1.00. The molecule has 0 saturated carbocycles. The third-order valence-corrected chi connectivity index (χ3v) is 5.20. The first-order valence-electron chi connectivity index (χ1n) is 6.58. The van der Waals surface area contributed by atoms with Crippen LogP contribution in [0.1, 0.15) is 27.2 Å². The average molecular weight is 303 g/mol. The van der Waals surface area contributed by atoms with Gasteiger partial charge in [0, 0.05) is 16.2 Å². The maximum Gasteiger partial charge on any atom is 0.0825 e. The van der Waals surface area contributed by atoms with Crippen molar-refractivity contribution in [1.82, 2.24) is 10.2 Å². The molecule has 0 aliphatic rings. The molecule has 0 aromatic carbocycles. The number of H-pyrrole nitrogens is 1. The van der Waals surface area contributed by atoms with E-state index in [1.54, 1.807) is 11.3 Å². The zero-order valence-corrected chi connectivity index (χ0v) is 13.1. The molecule has 1 unspecified atom stereocenters. The Labute approximate surface area is 126 Å². The van der Waals surface area contributed by atoms with Gasteiger partial charge in [-0.2, -0.15) is 5.10 Å². The molecule has 0 saturated heterocycles. The highest BCUT2D eigenvalue weighted by atomic mass is 32.1. The fourth-order valence-electron chi connectivity index (χ4n) is 2.28. The number of nitrogens with zero attached hydrogens (tertiary/aromatic N) is 1. The van der Waals surface area contributed by atoms with Crippen molar-refractivity contribution < 1.29 is 0 Å². The van der Waals surface area contributed by atoms with E-state index < -0.39 is 0 Å². The smallest absolute Gasteiger partial charge is 0.0825 e. The summed E-state index contributed by atoms with van der Waals surface area (Å²) >= 11 is 3.61. The number of nitrogens with one attached hydrogen (secondary N) is 2. The van der Waals surface area contributed by atoms with Gasteiger partial charge in [0.2, 0.25) is 0 Å². The van der Waals surface area contributed by atoms with Crippen LogP contribution in [-0.2, 0) is 6.42 Å². The molecule has 104 valence electrons. The summed E-state index contributed by atoms with van der Waals surface area (Å²) in [7, 11) is 0. The van der Waals surface area contributed by atoms with Crippen LogP contribution in [0, 0.1) is 13.8 Å². The Morgan fingerprint density at radius 2 is 2.00 bits per heavy atom. The Bertz CT molecular complexity index is 634. The van der Waals surface area contributed by atoms with Gasteiger partial charge in [0.15, 0.2) is 0 Å². The summed E-state index contributed by atoms with van der Waals surface area (Å²) in [5, 5.41) is 15.2. The van der Waals surface area contributed by atoms with Crippen molar-refractivity contribution in [2.45, 2.75) is 26.3 Å². The molecule has 0 radical (unpaired) electrons. The third kappa shape index (κ3) is 2.78. The fourth-order valence-corrected chi connectivity index (χ4v) is 3.81. The molecule has 0 aliphatic heterocycles. The summed E-state index contributed by atoms with van der Waals surface area (Å²) in [5.74, 6) is 0. The quantitative estimate of drug-likeness (QED) is 0.726. The van der Waals surface area contributed by atoms with Gasteiger partial charge in [0.05, 0.1) is 23.1 Å². The van der Waals surface area contributed by atoms with E-state index in [1.807, 2.05) is 18.3 Å². The average Bonchev–Trinajstić information content (AvgIpc) is 3.15. The van der Waals surface area contributed by atoms with Crippen LogP contribution in [0.3, 0.4) is 0 Å². The molecule has 1 atom stereocenters. The normalized spacial score (nSPS) is 12.5. The van der Waals surface area contributed by atoms with Crippen molar-refractivity contribution in [3.8, 4) is 0 Å². The van der Waals surface area contributed by atoms with Gasteiger partial charge in [0.25, 0.3) is 0 Å². The Morgan fingerprint density at radius 3 is 2.60 bits per heavy atom. The molecule has 0 spiro atoms. The van der Waals surface area contributed by atoms with Gasteiger partial charge in [-0.1, -0.05) is 12.1 Å². The maximum absolute atomic E-state index is 4.27. The van der Waals surface area contributed by atoms with E-state index >= 15 is 0 Å². The summed E-state index contributed by atoms with van der Waals surface area (Å²) in [4.78, 5) is 2.76. The van der Waals surface area contributed by atoms with E-state index in [2.05, 4.69) is 57.5 Å². The van der Waals surface area contributed by atoms with E-state index in [4.69, 9.17) is 0 Å². The number of hydrogen-bond acceptors (Lipinski definition) is 4. The van der Waals surface area contributed by atoms with Gasteiger partial charge in [-0.05, 0) is 36.7 Å². The molecule has 20 heavy (non-hydrogen) atoms. The monoisotopic (exact) mass is 303 g/mol. The third-order valence-electron chi connectivity index (χ3n) is 3.32. The first-order chi connectivity index (χ1) is 9.74. The summed E-state index contributed by atoms with van der Waals surface area (Å²) < 4.78 is 0. The highest BCUT2D eigenvalue weighted by molar-refractivity contribution is 7.10. The van der Waals surface area contributed by atoms with E-state index in [1.165, 1.54) is 9.75 Å². The zero-order chi connectivity index (χ0) is 13.9. The van der Waals surface area contributed by atoms with E-state index in [-0.39, 0.29) is 0 Å². The minimum absolute atomic E-state index is 0.295. The second-order valence-electron chi connectivity index (χ2n) is 4.80. The van der Waals surface area contributed by atoms with Crippen LogP contribution in [0.25, 0.3) is 0 Å². The lowest BCUT2D eigenvalue weighted by atomic mass is 10.1. The number of hydrogen-bond donors (Lipinski definition) is 2. The molecule has 2 N–H and O–H groups in total. The van der Waals surface area contributed by atoms with Gasteiger partial charge in [-0.15, -0.1) is 22.7 Å². The first kappa shape index (κ1) is 13.4. The van der Waals surface area contributed by atoms with Crippen LogP contribution in [0.4, 0.5) is 5.69 Å². The van der Waals surface area contributed by atoms with Crippen molar-refractivity contribution in [2.24, 2.45) is 0 Å². The van der Waals surface area contributed by atoms with Crippen LogP contribution in [-0.4, -0.2) is 10.2 Å². The van der Waals surface area contributed by atoms with Crippen LogP contribution < -0.4 is 5.32 Å². The summed E-state index contributed by atoms with van der Waals surface area (Å²) in [5.41, 5.74) is 3.24. The number of aromatic amines is 1. The molecule has 0 amide bonds. The van der Waals surface area contributed by atoms with Crippen molar-refractivity contribution in [1.29, 1.82) is 0 Å². The molecule has 3 heterocycles. The predicted octanol–water partition coefficient (Wildman–Crippen LogP) is 4.55. The van der Waals surface area contributed by atoms with Gasteiger partial charge < -0.3 is 5.32 Å². The number of anilines is 1. The van der Waals surface area contributed by atoms with Crippen LogP contribution in [0.15, 0.2) is 35.0 Å². The first-order valence-corrected chi connectivity index (χ1v) is 8.34. The van der Waals surface area contributed by atoms with Crippen LogP contribution >= 0.6 is 22.7 Å². The zero-order valence-electron chi connectivity index (χ0n) is 11.5. The second kappa shape index (κ2) is 5.81. The van der Waals surface area contributed by atoms with E-state index in [9.17, 15) is 0 Å². The predicted molar refractivity (Wildman–Crippen MR) is 86.8 cm³/mol. The largest absolute Gasteiger partial charge is 0.374 e.